The zero-order valence-electron chi connectivity index (χ0n) is 20.8. The van der Waals surface area contributed by atoms with Crippen LogP contribution in [0.5, 0.6) is 5.75 Å². The minimum absolute atomic E-state index is 0.152. The third kappa shape index (κ3) is 4.36. The Hall–Kier alpha value is -5.35. The molecule has 2 saturated heterocycles. The minimum Gasteiger partial charge on any atom is -0.423 e. The Balaban J connectivity index is 1.32. The van der Waals surface area contributed by atoms with Crippen LogP contribution in [0.15, 0.2) is 109 Å². The summed E-state index contributed by atoms with van der Waals surface area (Å²) in [6.07, 6.45) is -1.09. The molecule has 0 unspecified atom stereocenters. The molecule has 6 rings (SSSR count). The molecule has 2 amide bonds. The van der Waals surface area contributed by atoms with Gasteiger partial charge in [-0.2, -0.15) is 0 Å². The third-order valence-corrected chi connectivity index (χ3v) is 6.89. The molecule has 4 aromatic rings. The molecule has 4 aromatic carbocycles. The average Bonchev–Trinajstić information content (AvgIpc) is 3.50. The van der Waals surface area contributed by atoms with Crippen LogP contribution in [0.2, 0.25) is 0 Å². The second-order valence-corrected chi connectivity index (χ2v) is 9.27. The van der Waals surface area contributed by atoms with Gasteiger partial charge >= 0.3 is 5.97 Å². The number of para-hydroxylation sites is 1. The molecule has 0 aromatic heterocycles. The molecule has 0 aliphatic carbocycles. The molecule has 0 radical (unpaired) electrons. The topological polar surface area (TPSA) is 119 Å². The summed E-state index contributed by atoms with van der Waals surface area (Å²) in [7, 11) is 0. The number of nitrogens with zero attached hydrogens (tertiary/aromatic N) is 3. The van der Waals surface area contributed by atoms with E-state index in [4.69, 9.17) is 9.57 Å². The summed E-state index contributed by atoms with van der Waals surface area (Å²) < 4.78 is 5.49. The maximum absolute atomic E-state index is 13.7. The molecule has 0 bridgehead atoms. The predicted octanol–water partition coefficient (Wildman–Crippen LogP) is 4.87. The molecule has 40 heavy (non-hydrogen) atoms. The molecule has 2 heterocycles. The van der Waals surface area contributed by atoms with Crippen LogP contribution in [0.1, 0.15) is 22.0 Å². The van der Waals surface area contributed by atoms with Crippen molar-refractivity contribution in [1.82, 2.24) is 0 Å². The lowest BCUT2D eigenvalue weighted by Crippen LogP contribution is -2.37. The molecular formula is C30H21N3O7. The first-order valence-corrected chi connectivity index (χ1v) is 12.4. The minimum atomic E-state index is -1.09. The number of fused-ring (bicyclic) bond motifs is 1. The van der Waals surface area contributed by atoms with Crippen LogP contribution < -0.4 is 14.7 Å². The summed E-state index contributed by atoms with van der Waals surface area (Å²) in [5, 5.41) is 12.6. The van der Waals surface area contributed by atoms with Crippen molar-refractivity contribution in [2.24, 2.45) is 5.92 Å². The zero-order chi connectivity index (χ0) is 27.8. The lowest BCUT2D eigenvalue weighted by Gasteiger charge is -2.28. The number of hydroxylamine groups is 1. The van der Waals surface area contributed by atoms with Crippen molar-refractivity contribution in [1.29, 1.82) is 0 Å². The van der Waals surface area contributed by atoms with Gasteiger partial charge in [0.15, 0.2) is 6.10 Å². The summed E-state index contributed by atoms with van der Waals surface area (Å²) in [6, 6.07) is 29.0. The summed E-state index contributed by atoms with van der Waals surface area (Å²) in [4.78, 5) is 57.3. The van der Waals surface area contributed by atoms with Crippen LogP contribution in [0, 0.1) is 16.0 Å². The fourth-order valence-corrected chi connectivity index (χ4v) is 5.00. The van der Waals surface area contributed by atoms with Crippen LogP contribution in [0.25, 0.3) is 0 Å². The largest absolute Gasteiger partial charge is 0.423 e. The number of hydrogen-bond donors (Lipinski definition) is 0. The highest BCUT2D eigenvalue weighted by molar-refractivity contribution is 6.24. The van der Waals surface area contributed by atoms with E-state index in [0.29, 0.717) is 22.6 Å². The molecule has 2 aliphatic heterocycles. The second kappa shape index (κ2) is 10.1. The highest BCUT2D eigenvalue weighted by atomic mass is 16.7. The number of nitro groups is 1. The van der Waals surface area contributed by atoms with E-state index in [2.05, 4.69) is 0 Å². The smallest absolute Gasteiger partial charge is 0.343 e. The number of carbonyl (C=O) groups excluding carboxylic acids is 3. The molecule has 3 atom stereocenters. The maximum atomic E-state index is 13.7. The van der Waals surface area contributed by atoms with E-state index in [9.17, 15) is 24.5 Å². The second-order valence-electron chi connectivity index (χ2n) is 9.27. The monoisotopic (exact) mass is 535 g/mol. The number of non-ortho nitro benzene ring substituents is 1. The van der Waals surface area contributed by atoms with Gasteiger partial charge in [0.25, 0.3) is 11.6 Å². The van der Waals surface area contributed by atoms with Crippen molar-refractivity contribution >= 4 is 34.8 Å². The molecule has 0 spiro atoms. The molecule has 198 valence electrons. The van der Waals surface area contributed by atoms with Gasteiger partial charge < -0.3 is 4.74 Å². The van der Waals surface area contributed by atoms with Gasteiger partial charge in [0.05, 0.1) is 27.9 Å². The van der Waals surface area contributed by atoms with Gasteiger partial charge in [-0.3, -0.25) is 24.5 Å². The van der Waals surface area contributed by atoms with Crippen molar-refractivity contribution in [2.45, 2.75) is 12.1 Å². The summed E-state index contributed by atoms with van der Waals surface area (Å²) in [5.41, 5.74) is 1.81. The maximum Gasteiger partial charge on any atom is 0.343 e. The predicted molar refractivity (Wildman–Crippen MR) is 143 cm³/mol. The van der Waals surface area contributed by atoms with E-state index in [1.807, 2.05) is 30.3 Å². The van der Waals surface area contributed by atoms with E-state index in [1.54, 1.807) is 59.7 Å². The quantitative estimate of drug-likeness (QED) is 0.113. The number of esters is 1. The standard InChI is InChI=1S/C30H21N3O7/c34-28-25-26(19-11-17-24(18-12-19)39-30(36)20-7-3-1-4-8-20)32(22-9-5-2-6-10-22)40-27(25)29(35)31(28)21-13-15-23(16-14-21)33(37)38/h1-18,25-27H/t25-,26+,27+/m0/s1. The first-order valence-electron chi connectivity index (χ1n) is 12.4. The van der Waals surface area contributed by atoms with E-state index < -0.39 is 40.8 Å². The highest BCUT2D eigenvalue weighted by Gasteiger charge is 2.60. The van der Waals surface area contributed by atoms with Crippen molar-refractivity contribution in [3.63, 3.8) is 0 Å². The molecule has 0 saturated carbocycles. The SMILES string of the molecule is O=C(Oc1ccc([C@@H]2[C@@H]3C(=O)N(c4ccc([N+](=O)[O-])cc4)C(=O)[C@@H]3ON2c2ccccc2)cc1)c1ccccc1. The average molecular weight is 536 g/mol. The van der Waals surface area contributed by atoms with E-state index in [-0.39, 0.29) is 11.4 Å². The summed E-state index contributed by atoms with van der Waals surface area (Å²) in [5.74, 6) is -2.10. The first kappa shape index (κ1) is 25.0. The van der Waals surface area contributed by atoms with Gasteiger partial charge in [-0.25, -0.2) is 14.8 Å². The molecule has 2 aliphatic rings. The van der Waals surface area contributed by atoms with Gasteiger partial charge in [0.2, 0.25) is 5.91 Å². The molecule has 10 heteroatoms. The van der Waals surface area contributed by atoms with E-state index in [0.717, 1.165) is 4.90 Å². The number of amides is 2. The fourth-order valence-electron chi connectivity index (χ4n) is 5.00. The number of imide groups is 1. The number of nitro benzene ring substituents is 1. The Kier molecular flexibility index (Phi) is 6.29. The lowest BCUT2D eigenvalue weighted by atomic mass is 9.90. The van der Waals surface area contributed by atoms with Crippen LogP contribution >= 0.6 is 0 Å². The van der Waals surface area contributed by atoms with Gasteiger partial charge in [0, 0.05) is 12.1 Å². The van der Waals surface area contributed by atoms with Crippen molar-refractivity contribution in [3.05, 3.63) is 130 Å². The van der Waals surface area contributed by atoms with E-state index in [1.165, 1.54) is 24.3 Å². The normalized spacial score (nSPS) is 19.9. The number of carbonyl (C=O) groups is 3. The van der Waals surface area contributed by atoms with Crippen LogP contribution in [0.4, 0.5) is 17.1 Å². The zero-order valence-corrected chi connectivity index (χ0v) is 20.8. The number of ether oxygens (including phenoxy) is 1. The van der Waals surface area contributed by atoms with E-state index >= 15 is 0 Å². The van der Waals surface area contributed by atoms with Crippen molar-refractivity contribution in [2.75, 3.05) is 9.96 Å². The van der Waals surface area contributed by atoms with Crippen molar-refractivity contribution < 1.29 is 28.9 Å². The summed E-state index contributed by atoms with van der Waals surface area (Å²) >= 11 is 0. The molecular weight excluding hydrogens is 514 g/mol. The Morgan fingerprint density at radius 2 is 1.40 bits per heavy atom. The van der Waals surface area contributed by atoms with Gasteiger partial charge in [-0.05, 0) is 54.1 Å². The Morgan fingerprint density at radius 3 is 2.02 bits per heavy atom. The molecule has 10 nitrogen and oxygen atoms in total. The molecule has 0 N–H and O–H groups in total. The number of hydrogen-bond acceptors (Lipinski definition) is 8. The lowest BCUT2D eigenvalue weighted by molar-refractivity contribution is -0.384. The third-order valence-electron chi connectivity index (χ3n) is 6.89. The van der Waals surface area contributed by atoms with Gasteiger partial charge in [-0.1, -0.05) is 48.5 Å². The van der Waals surface area contributed by atoms with Crippen molar-refractivity contribution in [3.8, 4) is 5.75 Å². The number of benzene rings is 4. The van der Waals surface area contributed by atoms with Crippen LogP contribution in [0.3, 0.4) is 0 Å². The number of rotatable bonds is 6. The number of anilines is 2. The Bertz CT molecular complexity index is 1590. The fraction of sp³-hybridized carbons (Fsp3) is 0.100. The van der Waals surface area contributed by atoms with Gasteiger partial charge in [0.1, 0.15) is 11.7 Å². The van der Waals surface area contributed by atoms with Gasteiger partial charge in [-0.15, -0.1) is 0 Å². The summed E-state index contributed by atoms with van der Waals surface area (Å²) in [6.45, 7) is 0. The first-order chi connectivity index (χ1) is 19.4. The Morgan fingerprint density at radius 1 is 0.775 bits per heavy atom. The van der Waals surface area contributed by atoms with Crippen LogP contribution in [-0.2, 0) is 14.4 Å². The molecule has 2 fully saturated rings. The Labute approximate surface area is 228 Å². The highest BCUT2D eigenvalue weighted by Crippen LogP contribution is 2.47. The van der Waals surface area contributed by atoms with Crippen LogP contribution in [-0.4, -0.2) is 28.8 Å².